The number of para-hydroxylation sites is 3. The fraction of sp³-hybridized carbons (Fsp3) is 0.0278. The zero-order chi connectivity index (χ0) is 48.8. The SMILES string of the molecule is c1ccc(N(c2ccc3c(c2)-c2ccccc2C32c3ccccc3-c3c2cc(N(c2ccccc2)c2ccccc2)c2ccccc32)c2ccc3c(c2)C(c2ccccc2)(c2ccccc2)c2ccccc2-3)cc1. The minimum Gasteiger partial charge on any atom is -0.310 e. The van der Waals surface area contributed by atoms with Crippen molar-refractivity contribution in [3.05, 3.63) is 336 Å². The van der Waals surface area contributed by atoms with Crippen LogP contribution in [0.1, 0.15) is 44.5 Å². The van der Waals surface area contributed by atoms with Gasteiger partial charge in [0.2, 0.25) is 0 Å². The molecule has 0 amide bonds. The first kappa shape index (κ1) is 42.2. The lowest BCUT2D eigenvalue weighted by atomic mass is 9.67. The van der Waals surface area contributed by atoms with Gasteiger partial charge in [-0.05, 0) is 150 Å². The molecule has 346 valence electrons. The van der Waals surface area contributed by atoms with Gasteiger partial charge >= 0.3 is 0 Å². The predicted octanol–water partition coefficient (Wildman–Crippen LogP) is 18.5. The molecule has 3 aliphatic rings. The Balaban J connectivity index is 0.976. The van der Waals surface area contributed by atoms with Crippen LogP contribution in [0.2, 0.25) is 0 Å². The van der Waals surface area contributed by atoms with E-state index >= 15 is 0 Å². The molecule has 0 aromatic heterocycles. The lowest BCUT2D eigenvalue weighted by Gasteiger charge is -2.35. The summed E-state index contributed by atoms with van der Waals surface area (Å²) in [6, 6.07) is 108. The van der Waals surface area contributed by atoms with Crippen molar-refractivity contribution in [3.8, 4) is 33.4 Å². The molecule has 3 aliphatic carbocycles. The van der Waals surface area contributed by atoms with E-state index in [9.17, 15) is 0 Å². The molecule has 12 aromatic carbocycles. The van der Waals surface area contributed by atoms with Crippen molar-refractivity contribution < 1.29 is 0 Å². The molecule has 12 aromatic rings. The lowest BCUT2D eigenvalue weighted by molar-refractivity contribution is 0.768. The molecule has 0 fully saturated rings. The zero-order valence-corrected chi connectivity index (χ0v) is 40.6. The van der Waals surface area contributed by atoms with E-state index < -0.39 is 10.8 Å². The Morgan fingerprint density at radius 2 is 0.622 bits per heavy atom. The van der Waals surface area contributed by atoms with E-state index in [1.165, 1.54) is 88.7 Å². The Labute approximate surface area is 432 Å². The van der Waals surface area contributed by atoms with Crippen LogP contribution in [0.3, 0.4) is 0 Å². The second-order valence-electron chi connectivity index (χ2n) is 19.9. The third kappa shape index (κ3) is 5.88. The third-order valence-corrected chi connectivity index (χ3v) is 16.3. The summed E-state index contributed by atoms with van der Waals surface area (Å²) in [4.78, 5) is 4.92. The summed E-state index contributed by atoms with van der Waals surface area (Å²) in [7, 11) is 0. The normalized spacial score (nSPS) is 14.9. The number of benzene rings is 12. The predicted molar refractivity (Wildman–Crippen MR) is 307 cm³/mol. The fourth-order valence-corrected chi connectivity index (χ4v) is 13.5. The largest absolute Gasteiger partial charge is 0.310 e. The van der Waals surface area contributed by atoms with Crippen molar-refractivity contribution in [1.82, 2.24) is 0 Å². The van der Waals surface area contributed by atoms with Gasteiger partial charge in [0.05, 0.1) is 16.5 Å². The highest BCUT2D eigenvalue weighted by atomic mass is 15.1. The summed E-state index contributed by atoms with van der Waals surface area (Å²) < 4.78 is 0. The molecule has 0 N–H and O–H groups in total. The summed E-state index contributed by atoms with van der Waals surface area (Å²) in [5.74, 6) is 0. The van der Waals surface area contributed by atoms with Crippen LogP contribution >= 0.6 is 0 Å². The van der Waals surface area contributed by atoms with Crippen LogP contribution in [0.4, 0.5) is 34.1 Å². The average Bonchev–Trinajstić information content (AvgIpc) is 4.06. The molecule has 0 saturated heterocycles. The smallest absolute Gasteiger partial charge is 0.0726 e. The van der Waals surface area contributed by atoms with E-state index in [0.29, 0.717) is 0 Å². The molecule has 0 radical (unpaired) electrons. The number of anilines is 6. The van der Waals surface area contributed by atoms with Gasteiger partial charge in [-0.3, -0.25) is 0 Å². The van der Waals surface area contributed by atoms with Crippen LogP contribution in [-0.4, -0.2) is 0 Å². The maximum Gasteiger partial charge on any atom is 0.0726 e. The van der Waals surface area contributed by atoms with Crippen LogP contribution in [0, 0.1) is 0 Å². The van der Waals surface area contributed by atoms with E-state index in [2.05, 4.69) is 301 Å². The topological polar surface area (TPSA) is 6.48 Å². The van der Waals surface area contributed by atoms with Gasteiger partial charge in [0.25, 0.3) is 0 Å². The highest BCUT2D eigenvalue weighted by Gasteiger charge is 2.53. The van der Waals surface area contributed by atoms with Gasteiger partial charge in [-0.25, -0.2) is 0 Å². The number of rotatable bonds is 8. The maximum atomic E-state index is 2.53. The van der Waals surface area contributed by atoms with E-state index in [0.717, 1.165) is 34.1 Å². The molecule has 0 aliphatic heterocycles. The van der Waals surface area contributed by atoms with Crippen LogP contribution in [0.5, 0.6) is 0 Å². The summed E-state index contributed by atoms with van der Waals surface area (Å²) in [5.41, 5.74) is 23.5. The van der Waals surface area contributed by atoms with E-state index in [4.69, 9.17) is 0 Å². The fourth-order valence-electron chi connectivity index (χ4n) is 13.5. The molecule has 1 unspecified atom stereocenters. The Bertz CT molecular complexity index is 4050. The first-order valence-corrected chi connectivity index (χ1v) is 25.8. The van der Waals surface area contributed by atoms with Crippen LogP contribution in [-0.2, 0) is 10.8 Å². The van der Waals surface area contributed by atoms with E-state index in [-0.39, 0.29) is 0 Å². The molecular formula is C72H48N2. The summed E-state index contributed by atoms with van der Waals surface area (Å²) in [5, 5.41) is 2.46. The Hall–Kier alpha value is -9.50. The first-order valence-electron chi connectivity index (χ1n) is 25.8. The average molecular weight is 941 g/mol. The van der Waals surface area contributed by atoms with Crippen molar-refractivity contribution in [2.24, 2.45) is 0 Å². The molecule has 1 spiro atoms. The molecule has 2 nitrogen and oxygen atoms in total. The number of nitrogens with zero attached hydrogens (tertiary/aromatic N) is 2. The first-order chi connectivity index (χ1) is 36.7. The molecule has 15 rings (SSSR count). The summed E-state index contributed by atoms with van der Waals surface area (Å²) in [6.07, 6.45) is 0. The van der Waals surface area contributed by atoms with Gasteiger partial charge in [-0.1, -0.05) is 224 Å². The standard InChI is InChI=1S/C72H48N2/c1-6-24-49(25-7-1)71(50-26-8-2-9-27-50)63-39-21-18-34-56(63)58-44-42-55(47-67(58)71)73(51-28-10-3-11-29-51)54-43-45-66-62(46-54)57-35-19-22-40-64(57)72(66)65-41-23-20-38-61(65)70-60-37-17-16-36-59(60)69(48-68(70)72)74(52-30-12-4-13-31-52)53-32-14-5-15-33-53/h1-48H. The van der Waals surface area contributed by atoms with Crippen LogP contribution in [0.25, 0.3) is 44.2 Å². The second kappa shape index (κ2) is 16.5. The number of hydrogen-bond acceptors (Lipinski definition) is 2. The van der Waals surface area contributed by atoms with Gasteiger partial charge in [0.1, 0.15) is 0 Å². The van der Waals surface area contributed by atoms with E-state index in [1.54, 1.807) is 0 Å². The summed E-state index contributed by atoms with van der Waals surface area (Å²) in [6.45, 7) is 0. The molecular weight excluding hydrogens is 893 g/mol. The molecule has 1 atom stereocenters. The molecule has 2 heteroatoms. The van der Waals surface area contributed by atoms with Gasteiger partial charge in [-0.2, -0.15) is 0 Å². The van der Waals surface area contributed by atoms with Gasteiger partial charge < -0.3 is 9.80 Å². The summed E-state index contributed by atoms with van der Waals surface area (Å²) >= 11 is 0. The maximum absolute atomic E-state index is 2.53. The Kier molecular flexibility index (Phi) is 9.43. The number of fused-ring (bicyclic) bond motifs is 15. The van der Waals surface area contributed by atoms with Crippen molar-refractivity contribution in [2.45, 2.75) is 10.8 Å². The van der Waals surface area contributed by atoms with Crippen molar-refractivity contribution in [1.29, 1.82) is 0 Å². The molecule has 74 heavy (non-hydrogen) atoms. The van der Waals surface area contributed by atoms with Gasteiger partial charge in [-0.15, -0.1) is 0 Å². The lowest BCUT2D eigenvalue weighted by Crippen LogP contribution is -2.28. The molecule has 0 saturated carbocycles. The Morgan fingerprint density at radius 3 is 1.22 bits per heavy atom. The minimum atomic E-state index is -0.587. The number of hydrogen-bond donors (Lipinski definition) is 0. The highest BCUT2D eigenvalue weighted by molar-refractivity contribution is 6.12. The quantitative estimate of drug-likeness (QED) is 0.150. The van der Waals surface area contributed by atoms with Crippen LogP contribution in [0.15, 0.2) is 291 Å². The van der Waals surface area contributed by atoms with Gasteiger partial charge in [0, 0.05) is 33.8 Å². The second-order valence-corrected chi connectivity index (χ2v) is 19.9. The minimum absolute atomic E-state index is 0.529. The monoisotopic (exact) mass is 940 g/mol. The third-order valence-electron chi connectivity index (χ3n) is 16.3. The Morgan fingerprint density at radius 1 is 0.216 bits per heavy atom. The van der Waals surface area contributed by atoms with Crippen molar-refractivity contribution in [2.75, 3.05) is 9.80 Å². The highest BCUT2D eigenvalue weighted by Crippen LogP contribution is 2.66. The zero-order valence-electron chi connectivity index (χ0n) is 40.6. The van der Waals surface area contributed by atoms with Gasteiger partial charge in [0.15, 0.2) is 0 Å². The molecule has 0 heterocycles. The van der Waals surface area contributed by atoms with Crippen LogP contribution < -0.4 is 9.80 Å². The van der Waals surface area contributed by atoms with E-state index in [1.807, 2.05) is 0 Å². The van der Waals surface area contributed by atoms with Crippen molar-refractivity contribution in [3.63, 3.8) is 0 Å². The molecule has 0 bridgehead atoms. The van der Waals surface area contributed by atoms with Crippen molar-refractivity contribution >= 4 is 44.9 Å².